The molecule has 1 aliphatic rings. The van der Waals surface area contributed by atoms with Gasteiger partial charge in [0.2, 0.25) is 5.91 Å². The summed E-state index contributed by atoms with van der Waals surface area (Å²) in [5, 5.41) is 4.38. The zero-order valence-corrected chi connectivity index (χ0v) is 17.6. The van der Waals surface area contributed by atoms with Crippen molar-refractivity contribution < 1.29 is 4.79 Å². The molecule has 4 heteroatoms. The van der Waals surface area contributed by atoms with Crippen molar-refractivity contribution in [1.29, 1.82) is 0 Å². The monoisotopic (exact) mass is 407 g/mol. The molecule has 28 heavy (non-hydrogen) atoms. The molecule has 1 N–H and O–H groups in total. The molecule has 144 valence electrons. The Balaban J connectivity index is 1.52. The van der Waals surface area contributed by atoms with Crippen LogP contribution >= 0.6 is 24.0 Å². The van der Waals surface area contributed by atoms with Gasteiger partial charge in [-0.1, -0.05) is 48.9 Å². The van der Waals surface area contributed by atoms with Crippen molar-refractivity contribution in [3.8, 4) is 0 Å². The molecule has 2 aromatic carbocycles. The van der Waals surface area contributed by atoms with Crippen LogP contribution in [0, 0.1) is 5.92 Å². The van der Waals surface area contributed by atoms with E-state index in [1.165, 1.54) is 45.4 Å². The van der Waals surface area contributed by atoms with E-state index in [4.69, 9.17) is 0 Å². The van der Waals surface area contributed by atoms with E-state index in [1.807, 2.05) is 23.5 Å². The maximum Gasteiger partial charge on any atom is 0.220 e. The van der Waals surface area contributed by atoms with Gasteiger partial charge in [0.15, 0.2) is 0 Å². The molecule has 2 nitrogen and oxygen atoms in total. The van der Waals surface area contributed by atoms with Crippen molar-refractivity contribution in [2.45, 2.75) is 43.5 Å². The van der Waals surface area contributed by atoms with Crippen molar-refractivity contribution in [3.63, 3.8) is 0 Å². The Morgan fingerprint density at radius 3 is 2.75 bits per heavy atom. The normalized spacial score (nSPS) is 14.5. The second kappa shape index (κ2) is 8.97. The Bertz CT molecular complexity index is 987. The summed E-state index contributed by atoms with van der Waals surface area (Å²) in [6.45, 7) is 0.595. The molecule has 0 saturated heterocycles. The maximum absolute atomic E-state index is 12.3. The summed E-state index contributed by atoms with van der Waals surface area (Å²) >= 11 is 6.33. The predicted octanol–water partition coefficient (Wildman–Crippen LogP) is 6.25. The van der Waals surface area contributed by atoms with Crippen molar-refractivity contribution in [3.05, 3.63) is 70.6 Å². The average molecular weight is 408 g/mol. The van der Waals surface area contributed by atoms with E-state index in [2.05, 4.69) is 66.5 Å². The van der Waals surface area contributed by atoms with Crippen LogP contribution in [0.25, 0.3) is 16.2 Å². The van der Waals surface area contributed by atoms with Crippen LogP contribution in [-0.4, -0.2) is 5.91 Å². The van der Waals surface area contributed by atoms with Crippen LogP contribution in [-0.2, 0) is 17.8 Å². The highest BCUT2D eigenvalue weighted by Crippen LogP contribution is 2.34. The quantitative estimate of drug-likeness (QED) is 0.445. The molecular formula is C24H25NOS2. The fraction of sp³-hybridized carbons (Fsp3) is 0.292. The highest BCUT2D eigenvalue weighted by molar-refractivity contribution is 7.80. The van der Waals surface area contributed by atoms with E-state index in [0.717, 1.165) is 11.3 Å². The number of carbonyl (C=O) groups excluding carboxylic acids is 1. The number of allylic oxidation sites excluding steroid dienone is 1. The standard InChI is InChI=1S/C24H25NOS2/c26-24(14-18-9-4-10-18)25-16-21-20-15-19(27)12-13-23(20)28-22(21)11-5-8-17-6-2-1-3-7-17/h1-3,5-8,12-13,15,18,27H,4,9-11,14,16H2,(H,25,26). The Kier molecular flexibility index (Phi) is 6.18. The molecule has 1 fully saturated rings. The highest BCUT2D eigenvalue weighted by atomic mass is 32.1. The lowest BCUT2D eigenvalue weighted by Crippen LogP contribution is -2.27. The number of amides is 1. The molecule has 1 saturated carbocycles. The predicted molar refractivity (Wildman–Crippen MR) is 122 cm³/mol. The van der Waals surface area contributed by atoms with Gasteiger partial charge >= 0.3 is 0 Å². The lowest BCUT2D eigenvalue weighted by molar-refractivity contribution is -0.122. The van der Waals surface area contributed by atoms with Gasteiger partial charge in [-0.05, 0) is 53.5 Å². The smallest absolute Gasteiger partial charge is 0.220 e. The fourth-order valence-corrected chi connectivity index (χ4v) is 5.01. The second-order valence-corrected chi connectivity index (χ2v) is 9.13. The van der Waals surface area contributed by atoms with Gasteiger partial charge < -0.3 is 5.32 Å². The number of rotatable bonds is 7. The molecule has 0 bridgehead atoms. The molecule has 1 heterocycles. The maximum atomic E-state index is 12.3. The third kappa shape index (κ3) is 4.68. The van der Waals surface area contributed by atoms with Gasteiger partial charge in [-0.25, -0.2) is 0 Å². The summed E-state index contributed by atoms with van der Waals surface area (Å²) in [6.07, 6.45) is 9.58. The molecule has 0 spiro atoms. The summed E-state index contributed by atoms with van der Waals surface area (Å²) in [4.78, 5) is 14.6. The third-order valence-corrected chi connectivity index (χ3v) is 6.95. The van der Waals surface area contributed by atoms with Crippen LogP contribution in [0.1, 0.15) is 41.7 Å². The number of benzene rings is 2. The fourth-order valence-electron chi connectivity index (χ4n) is 3.63. The van der Waals surface area contributed by atoms with Crippen molar-refractivity contribution in [2.24, 2.45) is 5.92 Å². The molecule has 1 aromatic heterocycles. The van der Waals surface area contributed by atoms with Crippen LogP contribution in [0.3, 0.4) is 0 Å². The van der Waals surface area contributed by atoms with Gasteiger partial charge in [-0.2, -0.15) is 0 Å². The number of fused-ring (bicyclic) bond motifs is 1. The molecule has 0 aliphatic heterocycles. The largest absolute Gasteiger partial charge is 0.352 e. The minimum absolute atomic E-state index is 0.178. The van der Waals surface area contributed by atoms with Gasteiger partial charge in [0, 0.05) is 33.9 Å². The van der Waals surface area contributed by atoms with Crippen LogP contribution in [0.15, 0.2) is 59.5 Å². The second-order valence-electron chi connectivity index (χ2n) is 7.48. The Morgan fingerprint density at radius 2 is 2.00 bits per heavy atom. The lowest BCUT2D eigenvalue weighted by Gasteiger charge is -2.24. The molecule has 4 rings (SSSR count). The van der Waals surface area contributed by atoms with E-state index in [-0.39, 0.29) is 5.91 Å². The molecule has 0 atom stereocenters. The van der Waals surface area contributed by atoms with Crippen LogP contribution in [0.2, 0.25) is 0 Å². The summed E-state index contributed by atoms with van der Waals surface area (Å²) in [5.41, 5.74) is 2.44. The number of nitrogens with one attached hydrogen (secondary N) is 1. The first-order valence-electron chi connectivity index (χ1n) is 9.90. The van der Waals surface area contributed by atoms with Crippen LogP contribution in [0.5, 0.6) is 0 Å². The summed E-state index contributed by atoms with van der Waals surface area (Å²) < 4.78 is 1.25. The first-order chi connectivity index (χ1) is 13.7. The number of hydrogen-bond donors (Lipinski definition) is 2. The lowest BCUT2D eigenvalue weighted by atomic mass is 9.83. The van der Waals surface area contributed by atoms with E-state index < -0.39 is 0 Å². The molecule has 1 amide bonds. The van der Waals surface area contributed by atoms with Gasteiger partial charge in [0.25, 0.3) is 0 Å². The van der Waals surface area contributed by atoms with Crippen molar-refractivity contribution in [2.75, 3.05) is 0 Å². The average Bonchev–Trinajstić information content (AvgIpc) is 3.00. The third-order valence-electron chi connectivity index (χ3n) is 5.43. The van der Waals surface area contributed by atoms with E-state index in [0.29, 0.717) is 18.9 Å². The Morgan fingerprint density at radius 1 is 1.18 bits per heavy atom. The Labute approximate surface area is 176 Å². The topological polar surface area (TPSA) is 29.1 Å². The zero-order chi connectivity index (χ0) is 19.3. The van der Waals surface area contributed by atoms with Crippen LogP contribution < -0.4 is 5.32 Å². The SMILES string of the molecule is O=C(CC1CCC1)NCc1c(CC=Cc2ccccc2)sc2ccc(S)cc12. The number of carbonyl (C=O) groups is 1. The Hall–Kier alpha value is -2.04. The van der Waals surface area contributed by atoms with Crippen LogP contribution in [0.4, 0.5) is 0 Å². The first kappa shape index (κ1) is 19.3. The zero-order valence-electron chi connectivity index (χ0n) is 15.9. The molecular weight excluding hydrogens is 382 g/mol. The van der Waals surface area contributed by atoms with Gasteiger partial charge in [-0.3, -0.25) is 4.79 Å². The summed E-state index contributed by atoms with van der Waals surface area (Å²) in [6, 6.07) is 16.6. The van der Waals surface area contributed by atoms with E-state index >= 15 is 0 Å². The number of thiol groups is 1. The molecule has 0 radical (unpaired) electrons. The van der Waals surface area contributed by atoms with Gasteiger partial charge in [0.05, 0.1) is 0 Å². The minimum Gasteiger partial charge on any atom is -0.352 e. The molecule has 0 unspecified atom stereocenters. The number of thiophene rings is 1. The van der Waals surface area contributed by atoms with E-state index in [1.54, 1.807) is 0 Å². The highest BCUT2D eigenvalue weighted by Gasteiger charge is 2.21. The first-order valence-corrected chi connectivity index (χ1v) is 11.2. The number of hydrogen-bond acceptors (Lipinski definition) is 3. The van der Waals surface area contributed by atoms with E-state index in [9.17, 15) is 4.79 Å². The van der Waals surface area contributed by atoms with Crippen molar-refractivity contribution in [1.82, 2.24) is 5.32 Å². The summed E-state index contributed by atoms with van der Waals surface area (Å²) in [5.74, 6) is 0.772. The molecule has 3 aromatic rings. The van der Waals surface area contributed by atoms with Gasteiger partial charge in [0.1, 0.15) is 0 Å². The summed E-state index contributed by atoms with van der Waals surface area (Å²) in [7, 11) is 0. The minimum atomic E-state index is 0.178. The van der Waals surface area contributed by atoms with Gasteiger partial charge in [-0.15, -0.1) is 24.0 Å². The molecule has 1 aliphatic carbocycles. The van der Waals surface area contributed by atoms with Crippen molar-refractivity contribution >= 4 is 46.0 Å².